The Kier molecular flexibility index (Phi) is 2.97. The number of hydrogen-bond acceptors (Lipinski definition) is 4. The third-order valence-electron chi connectivity index (χ3n) is 3.49. The van der Waals surface area contributed by atoms with Crippen molar-refractivity contribution in [2.75, 3.05) is 0 Å². The summed E-state index contributed by atoms with van der Waals surface area (Å²) in [5, 5.41) is 15.3. The second-order valence-electron chi connectivity index (χ2n) is 5.14. The van der Waals surface area contributed by atoms with Crippen LogP contribution < -0.4 is 0 Å². The molecule has 7 nitrogen and oxygen atoms in total. The molecular weight excluding hydrogens is 270 g/mol. The minimum absolute atomic E-state index is 0.0783. The number of nitrogens with zero attached hydrogens (tertiary/aromatic N) is 5. The fourth-order valence-electron chi connectivity index (χ4n) is 2.49. The van der Waals surface area contributed by atoms with E-state index in [0.717, 1.165) is 16.9 Å². The van der Waals surface area contributed by atoms with Crippen LogP contribution in [-0.4, -0.2) is 24.1 Å². The van der Waals surface area contributed by atoms with Gasteiger partial charge in [-0.25, -0.2) is 4.98 Å². The van der Waals surface area contributed by atoms with Crippen LogP contribution in [0.5, 0.6) is 0 Å². The van der Waals surface area contributed by atoms with Crippen LogP contribution in [0.4, 0.5) is 5.69 Å². The number of pyridine rings is 1. The average molecular weight is 285 g/mol. The van der Waals surface area contributed by atoms with Gasteiger partial charge in [-0.2, -0.15) is 5.10 Å². The predicted molar refractivity (Wildman–Crippen MR) is 77.4 cm³/mol. The van der Waals surface area contributed by atoms with Gasteiger partial charge >= 0.3 is 5.69 Å². The zero-order valence-corrected chi connectivity index (χ0v) is 12.1. The highest BCUT2D eigenvalue weighted by Gasteiger charge is 2.22. The van der Waals surface area contributed by atoms with Crippen molar-refractivity contribution in [1.82, 2.24) is 19.2 Å². The first-order valence-electron chi connectivity index (χ1n) is 6.58. The molecule has 3 rings (SSSR count). The van der Waals surface area contributed by atoms with E-state index in [1.54, 1.807) is 18.5 Å². The first-order chi connectivity index (χ1) is 9.95. The molecule has 0 fully saturated rings. The number of fused-ring (bicyclic) bond motifs is 1. The Balaban J connectivity index is 1.99. The summed E-state index contributed by atoms with van der Waals surface area (Å²) in [6.45, 7) is 5.79. The van der Waals surface area contributed by atoms with Gasteiger partial charge in [0.2, 0.25) is 0 Å². The van der Waals surface area contributed by atoms with Crippen LogP contribution in [0, 0.1) is 30.9 Å². The van der Waals surface area contributed by atoms with Crippen LogP contribution in [-0.2, 0) is 6.54 Å². The maximum absolute atomic E-state index is 11.0. The van der Waals surface area contributed by atoms with Crippen LogP contribution in [0.3, 0.4) is 0 Å². The molecule has 0 aliphatic carbocycles. The van der Waals surface area contributed by atoms with Crippen LogP contribution in [0.2, 0.25) is 0 Å². The zero-order valence-electron chi connectivity index (χ0n) is 12.1. The first kappa shape index (κ1) is 13.3. The van der Waals surface area contributed by atoms with E-state index in [2.05, 4.69) is 10.1 Å². The number of hydrogen-bond donors (Lipinski definition) is 0. The second-order valence-corrected chi connectivity index (χ2v) is 5.14. The maximum atomic E-state index is 11.0. The summed E-state index contributed by atoms with van der Waals surface area (Å²) < 4.78 is 3.58. The van der Waals surface area contributed by atoms with Crippen molar-refractivity contribution in [2.45, 2.75) is 27.3 Å². The molecule has 0 amide bonds. The summed E-state index contributed by atoms with van der Waals surface area (Å²) in [5.41, 5.74) is 3.87. The summed E-state index contributed by atoms with van der Waals surface area (Å²) in [6.07, 6.45) is 3.92. The molecule has 0 aliphatic rings. The lowest BCUT2D eigenvalue weighted by atomic mass is 10.3. The number of aryl methyl sites for hydroxylation is 2. The molecule has 0 unspecified atom stereocenters. The van der Waals surface area contributed by atoms with Gasteiger partial charge in [-0.3, -0.25) is 14.8 Å². The topological polar surface area (TPSA) is 78.3 Å². The van der Waals surface area contributed by atoms with Crippen LogP contribution >= 0.6 is 0 Å². The third kappa shape index (κ3) is 2.26. The van der Waals surface area contributed by atoms with E-state index < -0.39 is 0 Å². The van der Waals surface area contributed by atoms with Gasteiger partial charge in [0.15, 0.2) is 0 Å². The summed E-state index contributed by atoms with van der Waals surface area (Å²) in [7, 11) is 0. The molecule has 0 radical (unpaired) electrons. The molecule has 0 saturated heterocycles. The van der Waals surface area contributed by atoms with E-state index in [1.807, 2.05) is 35.9 Å². The lowest BCUT2D eigenvalue weighted by Crippen LogP contribution is -2.04. The molecule has 108 valence electrons. The Bertz CT molecular complexity index is 847. The minimum Gasteiger partial charge on any atom is -0.306 e. The number of aromatic nitrogens is 4. The molecule has 0 aliphatic heterocycles. The molecule has 7 heteroatoms. The van der Waals surface area contributed by atoms with Gasteiger partial charge in [0.05, 0.1) is 17.2 Å². The van der Waals surface area contributed by atoms with Gasteiger partial charge in [-0.15, -0.1) is 0 Å². The standard InChI is InChI=1S/C14H15N5O2/c1-9-4-5-13-15-12(7-17(13)6-9)8-18-11(3)14(19(20)21)10(2)16-18/h4-7H,8H2,1-3H3. The highest BCUT2D eigenvalue weighted by Crippen LogP contribution is 2.22. The van der Waals surface area contributed by atoms with Gasteiger partial charge in [-0.1, -0.05) is 6.07 Å². The van der Waals surface area contributed by atoms with Crippen molar-refractivity contribution in [3.63, 3.8) is 0 Å². The first-order valence-corrected chi connectivity index (χ1v) is 6.58. The van der Waals surface area contributed by atoms with Crippen molar-refractivity contribution in [2.24, 2.45) is 0 Å². The lowest BCUT2D eigenvalue weighted by Gasteiger charge is -1.99. The van der Waals surface area contributed by atoms with E-state index in [4.69, 9.17) is 0 Å². The van der Waals surface area contributed by atoms with Crippen molar-refractivity contribution < 1.29 is 4.92 Å². The van der Waals surface area contributed by atoms with Crippen LogP contribution in [0.25, 0.3) is 5.65 Å². The second kappa shape index (κ2) is 4.69. The highest BCUT2D eigenvalue weighted by atomic mass is 16.6. The van der Waals surface area contributed by atoms with Gasteiger partial charge in [0.1, 0.15) is 17.0 Å². The van der Waals surface area contributed by atoms with Crippen LogP contribution in [0.15, 0.2) is 24.5 Å². The molecule has 0 saturated carbocycles. The van der Waals surface area contributed by atoms with Crippen LogP contribution in [0.1, 0.15) is 22.6 Å². The minimum atomic E-state index is -0.388. The van der Waals surface area contributed by atoms with E-state index in [1.165, 1.54) is 0 Å². The number of imidazole rings is 1. The summed E-state index contributed by atoms with van der Waals surface area (Å²) in [6, 6.07) is 3.95. The molecule has 0 aromatic carbocycles. The molecular formula is C14H15N5O2. The molecule has 3 aromatic heterocycles. The van der Waals surface area contributed by atoms with Crippen molar-refractivity contribution in [1.29, 1.82) is 0 Å². The van der Waals surface area contributed by atoms with Gasteiger partial charge < -0.3 is 4.40 Å². The molecule has 0 bridgehead atoms. The molecule has 21 heavy (non-hydrogen) atoms. The lowest BCUT2D eigenvalue weighted by molar-refractivity contribution is -0.386. The van der Waals surface area contributed by atoms with E-state index in [9.17, 15) is 10.1 Å². The summed E-state index contributed by atoms with van der Waals surface area (Å²) in [5.74, 6) is 0. The van der Waals surface area contributed by atoms with Gasteiger partial charge in [0.25, 0.3) is 0 Å². The Morgan fingerprint density at radius 3 is 2.67 bits per heavy atom. The molecule has 3 heterocycles. The Morgan fingerprint density at radius 2 is 2.00 bits per heavy atom. The molecule has 0 N–H and O–H groups in total. The number of nitro groups is 1. The van der Waals surface area contributed by atoms with Gasteiger partial charge in [0, 0.05) is 12.4 Å². The molecule has 3 aromatic rings. The Hall–Kier alpha value is -2.70. The van der Waals surface area contributed by atoms with E-state index in [-0.39, 0.29) is 10.6 Å². The maximum Gasteiger partial charge on any atom is 0.312 e. The highest BCUT2D eigenvalue weighted by molar-refractivity contribution is 5.42. The SMILES string of the molecule is Cc1ccc2nc(Cn3nc(C)c([N+](=O)[O-])c3C)cn2c1. The molecule has 0 atom stereocenters. The normalized spacial score (nSPS) is 11.2. The summed E-state index contributed by atoms with van der Waals surface area (Å²) >= 11 is 0. The smallest absolute Gasteiger partial charge is 0.306 e. The predicted octanol–water partition coefficient (Wildman–Crippen LogP) is 2.41. The van der Waals surface area contributed by atoms with Crippen molar-refractivity contribution in [3.8, 4) is 0 Å². The van der Waals surface area contributed by atoms with E-state index in [0.29, 0.717) is 17.9 Å². The molecule has 0 spiro atoms. The quantitative estimate of drug-likeness (QED) is 0.547. The van der Waals surface area contributed by atoms with E-state index >= 15 is 0 Å². The fourth-order valence-corrected chi connectivity index (χ4v) is 2.49. The monoisotopic (exact) mass is 285 g/mol. The average Bonchev–Trinajstić information content (AvgIpc) is 2.90. The van der Waals surface area contributed by atoms with Crippen molar-refractivity contribution in [3.05, 3.63) is 57.3 Å². The van der Waals surface area contributed by atoms with Gasteiger partial charge in [-0.05, 0) is 32.4 Å². The fraction of sp³-hybridized carbons (Fsp3) is 0.286. The third-order valence-corrected chi connectivity index (χ3v) is 3.49. The Morgan fingerprint density at radius 1 is 1.24 bits per heavy atom. The summed E-state index contributed by atoms with van der Waals surface area (Å²) in [4.78, 5) is 15.1. The zero-order chi connectivity index (χ0) is 15.1. The number of rotatable bonds is 3. The largest absolute Gasteiger partial charge is 0.312 e. The van der Waals surface area contributed by atoms with Crippen molar-refractivity contribution >= 4 is 11.3 Å². The Labute approximate surface area is 121 Å².